The van der Waals surface area contributed by atoms with E-state index in [0.29, 0.717) is 36.4 Å². The molecule has 0 amide bonds. The predicted octanol–water partition coefficient (Wildman–Crippen LogP) is 5.17. The van der Waals surface area contributed by atoms with E-state index in [4.69, 9.17) is 14.1 Å². The molecule has 0 radical (unpaired) electrons. The third-order valence-electron chi connectivity index (χ3n) is 6.27. The van der Waals surface area contributed by atoms with E-state index < -0.39 is 0 Å². The number of piperidine rings is 1. The van der Waals surface area contributed by atoms with Gasteiger partial charge in [0.25, 0.3) is 0 Å². The Morgan fingerprint density at radius 2 is 2.03 bits per heavy atom. The number of oxazole rings is 1. The number of aromatic nitrogens is 4. The molecule has 0 spiro atoms. The second-order valence-corrected chi connectivity index (χ2v) is 8.69. The van der Waals surface area contributed by atoms with Crippen molar-refractivity contribution in [2.45, 2.75) is 25.8 Å². The second kappa shape index (κ2) is 10.7. The maximum atomic E-state index is 13.5. The van der Waals surface area contributed by atoms with Crippen molar-refractivity contribution in [3.05, 3.63) is 79.2 Å². The summed E-state index contributed by atoms with van der Waals surface area (Å²) < 4.78 is 26.5. The van der Waals surface area contributed by atoms with Gasteiger partial charge in [-0.1, -0.05) is 18.7 Å². The highest BCUT2D eigenvalue weighted by Gasteiger charge is 2.22. The Balaban J connectivity index is 1.29. The SMILES string of the molecule is C=C(COC/C=C\C)N1CCC(Nc2nccc(-c3c(-c4ccc(F)cc4)nc4occn34)n2)CC1. The molecule has 0 bridgehead atoms. The molecule has 1 fully saturated rings. The third kappa shape index (κ3) is 5.16. The van der Waals surface area contributed by atoms with Crippen molar-refractivity contribution >= 4 is 11.8 Å². The van der Waals surface area contributed by atoms with Crippen LogP contribution in [-0.2, 0) is 4.74 Å². The summed E-state index contributed by atoms with van der Waals surface area (Å²) in [6.45, 7) is 9.10. The molecule has 1 saturated heterocycles. The molecule has 36 heavy (non-hydrogen) atoms. The van der Waals surface area contributed by atoms with Crippen LogP contribution < -0.4 is 5.32 Å². The number of fused-ring (bicyclic) bond motifs is 1. The highest BCUT2D eigenvalue weighted by Crippen LogP contribution is 2.32. The molecular weight excluding hydrogens is 459 g/mol. The van der Waals surface area contributed by atoms with Crippen LogP contribution in [0.2, 0.25) is 0 Å². The molecule has 4 heterocycles. The molecule has 1 aliphatic rings. The minimum absolute atomic E-state index is 0.254. The van der Waals surface area contributed by atoms with Crippen LogP contribution in [0.1, 0.15) is 19.8 Å². The van der Waals surface area contributed by atoms with E-state index in [0.717, 1.165) is 42.9 Å². The number of rotatable bonds is 9. The molecular formula is C27H29FN6O2. The summed E-state index contributed by atoms with van der Waals surface area (Å²) in [5.74, 6) is 0.704. The van der Waals surface area contributed by atoms with Crippen molar-refractivity contribution in [3.63, 3.8) is 0 Å². The highest BCUT2D eigenvalue weighted by atomic mass is 19.1. The lowest BCUT2D eigenvalue weighted by Crippen LogP contribution is -2.39. The van der Waals surface area contributed by atoms with Gasteiger partial charge < -0.3 is 19.4 Å². The van der Waals surface area contributed by atoms with Gasteiger partial charge in [-0.05, 0) is 50.1 Å². The minimum Gasteiger partial charge on any atom is -0.432 e. The first-order chi connectivity index (χ1) is 17.6. The Kier molecular flexibility index (Phi) is 7.08. The fourth-order valence-corrected chi connectivity index (χ4v) is 4.35. The van der Waals surface area contributed by atoms with Crippen molar-refractivity contribution in [1.82, 2.24) is 24.3 Å². The number of hydrogen-bond donors (Lipinski definition) is 1. The molecule has 186 valence electrons. The van der Waals surface area contributed by atoms with Crippen LogP contribution in [0.15, 0.2) is 77.8 Å². The number of nitrogens with one attached hydrogen (secondary N) is 1. The molecule has 0 atom stereocenters. The average molecular weight is 489 g/mol. The van der Waals surface area contributed by atoms with Gasteiger partial charge >= 0.3 is 5.84 Å². The number of hydrogen-bond acceptors (Lipinski definition) is 7. The zero-order valence-electron chi connectivity index (χ0n) is 20.2. The Hall–Kier alpha value is -3.98. The first kappa shape index (κ1) is 23.7. The van der Waals surface area contributed by atoms with Gasteiger partial charge in [-0.25, -0.2) is 14.4 Å². The number of allylic oxidation sites excluding steroid dienone is 1. The van der Waals surface area contributed by atoms with E-state index in [1.54, 1.807) is 30.8 Å². The lowest BCUT2D eigenvalue weighted by atomic mass is 10.0. The summed E-state index contributed by atoms with van der Waals surface area (Å²) in [5, 5.41) is 3.49. The van der Waals surface area contributed by atoms with Crippen molar-refractivity contribution in [2.24, 2.45) is 0 Å². The number of halogens is 1. The third-order valence-corrected chi connectivity index (χ3v) is 6.27. The Morgan fingerprint density at radius 1 is 1.22 bits per heavy atom. The van der Waals surface area contributed by atoms with E-state index in [1.165, 1.54) is 12.1 Å². The van der Waals surface area contributed by atoms with Crippen LogP contribution in [0.3, 0.4) is 0 Å². The van der Waals surface area contributed by atoms with E-state index >= 15 is 0 Å². The van der Waals surface area contributed by atoms with Gasteiger partial charge in [0.1, 0.15) is 23.5 Å². The smallest absolute Gasteiger partial charge is 0.306 e. The molecule has 4 aromatic rings. The fourth-order valence-electron chi connectivity index (χ4n) is 4.35. The summed E-state index contributed by atoms with van der Waals surface area (Å²) >= 11 is 0. The largest absolute Gasteiger partial charge is 0.432 e. The molecule has 5 rings (SSSR count). The molecule has 0 saturated carbocycles. The molecule has 9 heteroatoms. The highest BCUT2D eigenvalue weighted by molar-refractivity contribution is 5.79. The lowest BCUT2D eigenvalue weighted by Gasteiger charge is -2.35. The first-order valence-electron chi connectivity index (χ1n) is 12.1. The molecule has 3 aromatic heterocycles. The van der Waals surface area contributed by atoms with E-state index in [2.05, 4.69) is 26.8 Å². The van der Waals surface area contributed by atoms with Gasteiger partial charge in [0.15, 0.2) is 0 Å². The van der Waals surface area contributed by atoms with E-state index in [1.807, 2.05) is 29.5 Å². The van der Waals surface area contributed by atoms with Crippen molar-refractivity contribution in [3.8, 4) is 22.6 Å². The zero-order valence-corrected chi connectivity index (χ0v) is 20.2. The number of nitrogens with zero attached hydrogens (tertiary/aromatic N) is 5. The quantitative estimate of drug-likeness (QED) is 0.257. The molecule has 8 nitrogen and oxygen atoms in total. The Morgan fingerprint density at radius 3 is 2.81 bits per heavy atom. The Bertz CT molecular complexity index is 1350. The monoisotopic (exact) mass is 488 g/mol. The molecule has 1 aliphatic heterocycles. The lowest BCUT2D eigenvalue weighted by molar-refractivity contribution is 0.150. The summed E-state index contributed by atoms with van der Waals surface area (Å²) in [6.07, 6.45) is 11.0. The first-order valence-corrected chi connectivity index (χ1v) is 12.1. The Labute approximate surface area is 209 Å². The van der Waals surface area contributed by atoms with Gasteiger partial charge in [0.2, 0.25) is 5.95 Å². The van der Waals surface area contributed by atoms with Crippen LogP contribution in [0.4, 0.5) is 10.3 Å². The number of imidazole rings is 1. The van der Waals surface area contributed by atoms with Crippen LogP contribution >= 0.6 is 0 Å². The normalized spacial score (nSPS) is 14.7. The topological polar surface area (TPSA) is 80.7 Å². The number of ether oxygens (including phenoxy) is 1. The van der Waals surface area contributed by atoms with E-state index in [9.17, 15) is 4.39 Å². The predicted molar refractivity (Wildman–Crippen MR) is 137 cm³/mol. The van der Waals surface area contributed by atoms with Crippen LogP contribution in [0.5, 0.6) is 0 Å². The molecule has 1 aromatic carbocycles. The maximum Gasteiger partial charge on any atom is 0.306 e. The van der Waals surface area contributed by atoms with Gasteiger partial charge in [0, 0.05) is 42.8 Å². The standard InChI is InChI=1S/C27H29FN6O2/c1-3-4-16-35-18-19(2)33-13-10-22(11-14-33)30-26-29-12-9-23(31-26)25-24(20-5-7-21(28)8-6-20)32-27-34(25)15-17-36-27/h3-9,12,15,17,22H,2,10-11,13-14,16,18H2,1H3,(H,29,30,31)/b4-3-. The number of anilines is 1. The van der Waals surface area contributed by atoms with Crippen LogP contribution in [-0.4, -0.2) is 56.6 Å². The van der Waals surface area contributed by atoms with Crippen LogP contribution in [0.25, 0.3) is 28.5 Å². The summed E-state index contributed by atoms with van der Waals surface area (Å²) in [5.41, 5.74) is 3.92. The van der Waals surface area contributed by atoms with E-state index in [-0.39, 0.29) is 11.9 Å². The van der Waals surface area contributed by atoms with Gasteiger partial charge in [-0.3, -0.25) is 4.40 Å². The zero-order chi connectivity index (χ0) is 24.9. The van der Waals surface area contributed by atoms with Crippen LogP contribution in [0, 0.1) is 5.82 Å². The second-order valence-electron chi connectivity index (χ2n) is 8.69. The van der Waals surface area contributed by atoms with Crippen molar-refractivity contribution in [1.29, 1.82) is 0 Å². The fraction of sp³-hybridized carbons (Fsp3) is 0.296. The van der Waals surface area contributed by atoms with Gasteiger partial charge in [-0.15, -0.1) is 0 Å². The maximum absolute atomic E-state index is 13.5. The van der Waals surface area contributed by atoms with Crippen molar-refractivity contribution in [2.75, 3.05) is 31.6 Å². The average Bonchev–Trinajstić information content (AvgIpc) is 3.49. The number of benzene rings is 1. The van der Waals surface area contributed by atoms with Gasteiger partial charge in [-0.2, -0.15) is 4.98 Å². The summed E-state index contributed by atoms with van der Waals surface area (Å²) in [6, 6.07) is 8.34. The molecule has 1 N–H and O–H groups in total. The summed E-state index contributed by atoms with van der Waals surface area (Å²) in [7, 11) is 0. The van der Waals surface area contributed by atoms with Gasteiger partial charge in [0.05, 0.1) is 18.9 Å². The van der Waals surface area contributed by atoms with Crippen molar-refractivity contribution < 1.29 is 13.5 Å². The minimum atomic E-state index is -0.299. The molecule has 0 unspecified atom stereocenters. The molecule has 0 aliphatic carbocycles. The summed E-state index contributed by atoms with van der Waals surface area (Å²) in [4.78, 5) is 16.1. The number of likely N-dealkylation sites (tertiary alicyclic amines) is 1.